The number of carbonyl (C=O) groups excluding carboxylic acids is 1. The number of hydrogen-bond donors (Lipinski definition) is 4. The second-order valence-electron chi connectivity index (χ2n) is 9.41. The van der Waals surface area contributed by atoms with E-state index in [-0.39, 0.29) is 37.3 Å². The highest BCUT2D eigenvalue weighted by Crippen LogP contribution is 2.59. The van der Waals surface area contributed by atoms with E-state index in [1.165, 1.54) is 38.5 Å². The third-order valence-electron chi connectivity index (χ3n) is 7.02. The van der Waals surface area contributed by atoms with Crippen molar-refractivity contribution in [3.8, 4) is 0 Å². The van der Waals surface area contributed by atoms with E-state index < -0.39 is 0 Å². The van der Waals surface area contributed by atoms with Crippen LogP contribution in [0, 0.1) is 23.2 Å². The molecule has 1 aromatic rings. The van der Waals surface area contributed by atoms with E-state index in [2.05, 4.69) is 20.9 Å². The van der Waals surface area contributed by atoms with Gasteiger partial charge in [-0.1, -0.05) is 11.6 Å². The van der Waals surface area contributed by atoms with Crippen LogP contribution in [-0.4, -0.2) is 48.8 Å². The molecule has 1 aromatic heterocycles. The van der Waals surface area contributed by atoms with Crippen molar-refractivity contribution in [2.24, 2.45) is 23.2 Å². The lowest BCUT2D eigenvalue weighted by atomic mass is 9.49. The monoisotopic (exact) mass is 492 g/mol. The summed E-state index contributed by atoms with van der Waals surface area (Å²) in [6, 6.07) is 1.80. The predicted molar refractivity (Wildman–Crippen MR) is 128 cm³/mol. The second kappa shape index (κ2) is 12.0. The van der Waals surface area contributed by atoms with Crippen molar-refractivity contribution >= 4 is 42.3 Å². The van der Waals surface area contributed by atoms with Crippen LogP contribution in [0.25, 0.3) is 0 Å². The van der Waals surface area contributed by atoms with Gasteiger partial charge in [0.2, 0.25) is 0 Å². The van der Waals surface area contributed by atoms with Gasteiger partial charge < -0.3 is 21.1 Å². The number of nitrogens with zero attached hydrogens (tertiary/aromatic N) is 1. The first-order valence-electron chi connectivity index (χ1n) is 11.0. The Balaban J connectivity index is 0.00000171. The number of amides is 1. The smallest absolute Gasteiger partial charge is 0.252 e. The molecule has 6 nitrogen and oxygen atoms in total. The van der Waals surface area contributed by atoms with E-state index in [0.717, 1.165) is 43.1 Å². The number of aromatic nitrogens is 1. The van der Waals surface area contributed by atoms with E-state index in [1.54, 1.807) is 12.3 Å². The Morgan fingerprint density at radius 3 is 2.29 bits per heavy atom. The van der Waals surface area contributed by atoms with Gasteiger partial charge in [-0.3, -0.25) is 9.78 Å². The van der Waals surface area contributed by atoms with Gasteiger partial charge in [-0.2, -0.15) is 0 Å². The third-order valence-corrected chi connectivity index (χ3v) is 7.32. The van der Waals surface area contributed by atoms with Gasteiger partial charge in [-0.25, -0.2) is 0 Å². The minimum atomic E-state index is -0.0843. The molecule has 0 atom stereocenters. The summed E-state index contributed by atoms with van der Waals surface area (Å²) >= 11 is 6.29. The molecule has 0 unspecified atom stereocenters. The fraction of sp³-hybridized carbons (Fsp3) is 0.727. The van der Waals surface area contributed by atoms with Gasteiger partial charge in [-0.05, 0) is 67.8 Å². The lowest BCUT2D eigenvalue weighted by Crippen LogP contribution is -2.51. The standard InChI is InChI=1S/C22H33ClN4O2.2ClH/c23-20-13-26-18(12-25-2-1-24-3-4-28)8-19(20)21(29)27-14-22-9-15-5-16(10-22)7-17(6-15)11-22;;/h8,13,15-17,24-25,28H,1-7,9-12,14H2,(H,27,29);2*1H. The van der Waals surface area contributed by atoms with Gasteiger partial charge in [0.25, 0.3) is 5.91 Å². The second-order valence-corrected chi connectivity index (χ2v) is 9.81. The average molecular weight is 494 g/mol. The maximum Gasteiger partial charge on any atom is 0.252 e. The highest BCUT2D eigenvalue weighted by atomic mass is 35.5. The Morgan fingerprint density at radius 2 is 1.68 bits per heavy atom. The molecule has 5 rings (SSSR count). The average Bonchev–Trinajstić information content (AvgIpc) is 2.69. The van der Waals surface area contributed by atoms with Gasteiger partial charge in [0.15, 0.2) is 0 Å². The van der Waals surface area contributed by atoms with E-state index in [4.69, 9.17) is 16.7 Å². The number of aliphatic hydroxyl groups is 1. The Kier molecular flexibility index (Phi) is 10.3. The summed E-state index contributed by atoms with van der Waals surface area (Å²) in [5, 5.41) is 18.8. The molecule has 4 saturated carbocycles. The van der Waals surface area contributed by atoms with Crippen LogP contribution in [0.4, 0.5) is 0 Å². The number of rotatable bonds is 10. The Labute approximate surface area is 202 Å². The molecule has 176 valence electrons. The number of pyridine rings is 1. The normalized spacial score (nSPS) is 28.0. The molecular formula is C22H35Cl3N4O2. The molecule has 4 N–H and O–H groups in total. The number of halogens is 3. The van der Waals surface area contributed by atoms with Crippen molar-refractivity contribution < 1.29 is 9.90 Å². The maximum atomic E-state index is 12.9. The summed E-state index contributed by atoms with van der Waals surface area (Å²) in [7, 11) is 0. The summed E-state index contributed by atoms with van der Waals surface area (Å²) in [6.45, 7) is 3.62. The zero-order valence-corrected chi connectivity index (χ0v) is 20.3. The highest BCUT2D eigenvalue weighted by Gasteiger charge is 2.50. The molecule has 4 fully saturated rings. The van der Waals surface area contributed by atoms with Gasteiger partial charge in [-0.15, -0.1) is 24.8 Å². The van der Waals surface area contributed by atoms with Crippen molar-refractivity contribution in [2.45, 2.75) is 45.1 Å². The van der Waals surface area contributed by atoms with Crippen molar-refractivity contribution in [3.63, 3.8) is 0 Å². The fourth-order valence-corrected chi connectivity index (χ4v) is 6.41. The van der Waals surface area contributed by atoms with Crippen LogP contribution in [0.15, 0.2) is 12.3 Å². The van der Waals surface area contributed by atoms with Crippen molar-refractivity contribution in [1.82, 2.24) is 20.9 Å². The summed E-state index contributed by atoms with van der Waals surface area (Å²) < 4.78 is 0. The van der Waals surface area contributed by atoms with Gasteiger partial charge in [0.05, 0.1) is 22.9 Å². The van der Waals surface area contributed by atoms with Crippen LogP contribution in [0.5, 0.6) is 0 Å². The third kappa shape index (κ3) is 6.68. The lowest BCUT2D eigenvalue weighted by Gasteiger charge is -2.56. The Hall–Kier alpha value is -0.630. The lowest BCUT2D eigenvalue weighted by molar-refractivity contribution is -0.0503. The molecule has 0 saturated heterocycles. The van der Waals surface area contributed by atoms with E-state index in [0.29, 0.717) is 29.1 Å². The summed E-state index contributed by atoms with van der Waals surface area (Å²) in [5.74, 6) is 2.56. The first-order valence-corrected chi connectivity index (χ1v) is 11.4. The molecule has 1 amide bonds. The number of aliphatic hydroxyl groups excluding tert-OH is 1. The van der Waals surface area contributed by atoms with Crippen molar-refractivity contribution in [1.29, 1.82) is 0 Å². The number of carbonyl (C=O) groups is 1. The van der Waals surface area contributed by atoms with Crippen molar-refractivity contribution in [2.75, 3.05) is 32.8 Å². The number of hydrogen-bond acceptors (Lipinski definition) is 5. The van der Waals surface area contributed by atoms with Gasteiger partial charge in [0, 0.05) is 38.9 Å². The molecule has 0 radical (unpaired) electrons. The predicted octanol–water partition coefficient (Wildman–Crippen LogP) is 3.20. The molecule has 0 spiro atoms. The van der Waals surface area contributed by atoms with E-state index >= 15 is 0 Å². The molecule has 0 aromatic carbocycles. The molecule has 4 aliphatic rings. The number of nitrogens with one attached hydrogen (secondary N) is 3. The first kappa shape index (κ1) is 26.6. The minimum absolute atomic E-state index is 0. The Morgan fingerprint density at radius 1 is 1.06 bits per heavy atom. The van der Waals surface area contributed by atoms with E-state index in [1.807, 2.05) is 0 Å². The molecule has 31 heavy (non-hydrogen) atoms. The molecule has 4 aliphatic carbocycles. The van der Waals surface area contributed by atoms with Crippen LogP contribution in [0.3, 0.4) is 0 Å². The van der Waals surface area contributed by atoms with Crippen LogP contribution in [-0.2, 0) is 6.54 Å². The van der Waals surface area contributed by atoms with Crippen LogP contribution in [0.1, 0.15) is 54.6 Å². The van der Waals surface area contributed by atoms with Crippen LogP contribution in [0.2, 0.25) is 5.02 Å². The molecule has 4 bridgehead atoms. The quantitative estimate of drug-likeness (QED) is 0.376. The van der Waals surface area contributed by atoms with Crippen LogP contribution < -0.4 is 16.0 Å². The Bertz CT molecular complexity index is 699. The topological polar surface area (TPSA) is 86.3 Å². The zero-order chi connectivity index (χ0) is 20.3. The minimum Gasteiger partial charge on any atom is -0.395 e. The summed E-state index contributed by atoms with van der Waals surface area (Å²) in [6.07, 6.45) is 9.65. The summed E-state index contributed by atoms with van der Waals surface area (Å²) in [4.78, 5) is 17.2. The largest absolute Gasteiger partial charge is 0.395 e. The highest BCUT2D eigenvalue weighted by molar-refractivity contribution is 6.33. The molecule has 9 heteroatoms. The summed E-state index contributed by atoms with van der Waals surface area (Å²) in [5.41, 5.74) is 1.63. The fourth-order valence-electron chi connectivity index (χ4n) is 6.22. The zero-order valence-electron chi connectivity index (χ0n) is 17.9. The molecular weight excluding hydrogens is 459 g/mol. The van der Waals surface area contributed by atoms with Gasteiger partial charge in [0.1, 0.15) is 0 Å². The SMILES string of the molecule is Cl.Cl.O=C(NCC12CC3CC(CC(C3)C1)C2)c1cc(CNCCNCCO)ncc1Cl. The van der Waals surface area contributed by atoms with Crippen LogP contribution >= 0.6 is 36.4 Å². The maximum absolute atomic E-state index is 12.9. The molecule has 1 heterocycles. The van der Waals surface area contributed by atoms with Crippen molar-refractivity contribution in [3.05, 3.63) is 28.5 Å². The van der Waals surface area contributed by atoms with Gasteiger partial charge >= 0.3 is 0 Å². The molecule has 0 aliphatic heterocycles. The van der Waals surface area contributed by atoms with E-state index in [9.17, 15) is 4.79 Å². The first-order chi connectivity index (χ1) is 14.1.